The van der Waals surface area contributed by atoms with Crippen LogP contribution in [0.25, 0.3) is 0 Å². The molecule has 0 aromatic heterocycles. The first kappa shape index (κ1) is 16.5. The Hall–Kier alpha value is -1.60. The number of aryl methyl sites for hydroxylation is 1. The van der Waals surface area contributed by atoms with Crippen LogP contribution in [0, 0.1) is 13.8 Å². The Kier molecular flexibility index (Phi) is 5.52. The van der Waals surface area contributed by atoms with Crippen LogP contribution in [0.15, 0.2) is 17.0 Å². The predicted octanol–water partition coefficient (Wildman–Crippen LogP) is 0.690. The molecule has 0 unspecified atom stereocenters. The van der Waals surface area contributed by atoms with Gasteiger partial charge in [0.2, 0.25) is 15.9 Å². The van der Waals surface area contributed by atoms with Gasteiger partial charge in [0, 0.05) is 6.54 Å². The van der Waals surface area contributed by atoms with Gasteiger partial charge in [-0.15, -0.1) is 0 Å². The fourth-order valence-electron chi connectivity index (χ4n) is 1.73. The second kappa shape index (κ2) is 6.71. The maximum atomic E-state index is 12.2. The average Bonchev–Trinajstić information content (AvgIpc) is 2.38. The molecule has 0 saturated carbocycles. The number of rotatable bonds is 6. The fourth-order valence-corrected chi connectivity index (χ4v) is 3.14. The van der Waals surface area contributed by atoms with Gasteiger partial charge in [-0.2, -0.15) is 0 Å². The molecule has 4 N–H and O–H groups in total. The summed E-state index contributed by atoms with van der Waals surface area (Å²) in [6.45, 7) is 5.64. The minimum absolute atomic E-state index is 0.0424. The monoisotopic (exact) mass is 299 g/mol. The lowest BCUT2D eigenvalue weighted by molar-refractivity contribution is -0.119. The van der Waals surface area contributed by atoms with E-state index in [0.717, 1.165) is 12.0 Å². The summed E-state index contributed by atoms with van der Waals surface area (Å²) in [7, 11) is -3.80. The van der Waals surface area contributed by atoms with Gasteiger partial charge < -0.3 is 11.1 Å². The summed E-state index contributed by atoms with van der Waals surface area (Å²) >= 11 is 0. The number of carbonyl (C=O) groups excluding carboxylic acids is 1. The van der Waals surface area contributed by atoms with E-state index >= 15 is 0 Å². The Morgan fingerprint density at radius 3 is 2.55 bits per heavy atom. The highest BCUT2D eigenvalue weighted by Gasteiger charge is 2.21. The SMILES string of the molecule is CCCNC(=O)CNS(=O)(=O)c1c(N)ccc(C)c1C. The van der Waals surface area contributed by atoms with Crippen molar-refractivity contribution in [3.8, 4) is 0 Å². The third kappa shape index (κ3) is 3.94. The Balaban J connectivity index is 2.90. The minimum atomic E-state index is -3.80. The number of anilines is 1. The van der Waals surface area contributed by atoms with Crippen LogP contribution in [0.2, 0.25) is 0 Å². The van der Waals surface area contributed by atoms with Crippen molar-refractivity contribution in [3.63, 3.8) is 0 Å². The second-order valence-corrected chi connectivity index (χ2v) is 6.30. The van der Waals surface area contributed by atoms with E-state index in [4.69, 9.17) is 5.73 Å². The number of nitrogen functional groups attached to an aromatic ring is 1. The molecule has 1 aromatic carbocycles. The van der Waals surface area contributed by atoms with Crippen molar-refractivity contribution in [3.05, 3.63) is 23.3 Å². The van der Waals surface area contributed by atoms with Crippen LogP contribution >= 0.6 is 0 Å². The smallest absolute Gasteiger partial charge is 0.243 e. The predicted molar refractivity (Wildman–Crippen MR) is 78.8 cm³/mol. The first-order valence-corrected chi connectivity index (χ1v) is 7.90. The van der Waals surface area contributed by atoms with Crippen LogP contribution in [-0.4, -0.2) is 27.4 Å². The first-order chi connectivity index (χ1) is 9.29. The molecule has 20 heavy (non-hydrogen) atoms. The highest BCUT2D eigenvalue weighted by Crippen LogP contribution is 2.24. The number of hydrogen-bond donors (Lipinski definition) is 3. The molecule has 0 aliphatic rings. The molecule has 0 fully saturated rings. The highest BCUT2D eigenvalue weighted by atomic mass is 32.2. The quantitative estimate of drug-likeness (QED) is 0.673. The van der Waals surface area contributed by atoms with Crippen molar-refractivity contribution in [1.82, 2.24) is 10.0 Å². The van der Waals surface area contributed by atoms with Crippen molar-refractivity contribution < 1.29 is 13.2 Å². The van der Waals surface area contributed by atoms with Crippen molar-refractivity contribution in [2.24, 2.45) is 0 Å². The number of benzene rings is 1. The van der Waals surface area contributed by atoms with Gasteiger partial charge in [0.25, 0.3) is 0 Å². The van der Waals surface area contributed by atoms with Gasteiger partial charge in [-0.3, -0.25) is 4.79 Å². The molecule has 1 aromatic rings. The van der Waals surface area contributed by atoms with E-state index in [-0.39, 0.29) is 23.0 Å². The summed E-state index contributed by atoms with van der Waals surface area (Å²) in [4.78, 5) is 11.5. The van der Waals surface area contributed by atoms with Gasteiger partial charge in [-0.05, 0) is 37.5 Å². The molecule has 112 valence electrons. The van der Waals surface area contributed by atoms with Crippen LogP contribution in [0.3, 0.4) is 0 Å². The largest absolute Gasteiger partial charge is 0.398 e. The first-order valence-electron chi connectivity index (χ1n) is 6.41. The lowest BCUT2D eigenvalue weighted by Gasteiger charge is -2.13. The van der Waals surface area contributed by atoms with E-state index in [1.54, 1.807) is 19.1 Å². The topological polar surface area (TPSA) is 101 Å². The van der Waals surface area contributed by atoms with Crippen LogP contribution in [0.4, 0.5) is 5.69 Å². The molecule has 0 heterocycles. The van der Waals surface area contributed by atoms with E-state index in [2.05, 4.69) is 10.0 Å². The van der Waals surface area contributed by atoms with Crippen molar-refractivity contribution in [1.29, 1.82) is 0 Å². The molecule has 0 spiro atoms. The fraction of sp³-hybridized carbons (Fsp3) is 0.462. The van der Waals surface area contributed by atoms with Crippen molar-refractivity contribution >= 4 is 21.6 Å². The third-order valence-corrected chi connectivity index (χ3v) is 4.57. The molecule has 0 atom stereocenters. The molecular formula is C13H21N3O3S. The Bertz CT molecular complexity index is 597. The summed E-state index contributed by atoms with van der Waals surface area (Å²) < 4.78 is 26.7. The summed E-state index contributed by atoms with van der Waals surface area (Å²) in [6, 6.07) is 3.31. The van der Waals surface area contributed by atoms with Gasteiger partial charge in [-0.1, -0.05) is 13.0 Å². The number of carbonyl (C=O) groups is 1. The normalized spacial score (nSPS) is 11.3. The molecule has 0 radical (unpaired) electrons. The third-order valence-electron chi connectivity index (χ3n) is 2.97. The number of nitrogens with one attached hydrogen (secondary N) is 2. The van der Waals surface area contributed by atoms with Gasteiger partial charge in [-0.25, -0.2) is 13.1 Å². The summed E-state index contributed by atoms with van der Waals surface area (Å²) in [6.07, 6.45) is 0.794. The summed E-state index contributed by atoms with van der Waals surface area (Å²) in [5.74, 6) is -0.362. The Labute approximate surface area is 119 Å². The van der Waals surface area contributed by atoms with E-state index in [0.29, 0.717) is 12.1 Å². The molecule has 0 saturated heterocycles. The molecule has 7 heteroatoms. The number of hydrogen-bond acceptors (Lipinski definition) is 4. The Morgan fingerprint density at radius 2 is 1.95 bits per heavy atom. The number of sulfonamides is 1. The maximum Gasteiger partial charge on any atom is 0.243 e. The Morgan fingerprint density at radius 1 is 1.30 bits per heavy atom. The van der Waals surface area contributed by atoms with Crippen LogP contribution in [0.5, 0.6) is 0 Å². The van der Waals surface area contributed by atoms with Crippen LogP contribution in [-0.2, 0) is 14.8 Å². The summed E-state index contributed by atoms with van der Waals surface area (Å²) in [5, 5.41) is 2.60. The lowest BCUT2D eigenvalue weighted by atomic mass is 10.1. The van der Waals surface area contributed by atoms with Gasteiger partial charge >= 0.3 is 0 Å². The average molecular weight is 299 g/mol. The van der Waals surface area contributed by atoms with E-state index in [1.807, 2.05) is 13.8 Å². The van der Waals surface area contributed by atoms with Crippen LogP contribution < -0.4 is 15.8 Å². The van der Waals surface area contributed by atoms with Crippen molar-refractivity contribution in [2.45, 2.75) is 32.1 Å². The van der Waals surface area contributed by atoms with E-state index < -0.39 is 10.0 Å². The van der Waals surface area contributed by atoms with Gasteiger partial charge in [0.15, 0.2) is 0 Å². The molecule has 0 aliphatic heterocycles. The standard InChI is InChI=1S/C13H21N3O3S/c1-4-7-15-12(17)8-16-20(18,19)13-10(3)9(2)5-6-11(13)14/h5-6,16H,4,7-8,14H2,1-3H3,(H,15,17). The molecule has 1 amide bonds. The number of amides is 1. The van der Waals surface area contributed by atoms with Crippen LogP contribution in [0.1, 0.15) is 24.5 Å². The van der Waals surface area contributed by atoms with Gasteiger partial charge in [0.05, 0.1) is 12.2 Å². The van der Waals surface area contributed by atoms with E-state index in [1.165, 1.54) is 0 Å². The molecule has 1 rings (SSSR count). The minimum Gasteiger partial charge on any atom is -0.398 e. The van der Waals surface area contributed by atoms with Crippen molar-refractivity contribution in [2.75, 3.05) is 18.8 Å². The lowest BCUT2D eigenvalue weighted by Crippen LogP contribution is -2.37. The molecular weight excluding hydrogens is 278 g/mol. The zero-order valence-electron chi connectivity index (χ0n) is 12.0. The highest BCUT2D eigenvalue weighted by molar-refractivity contribution is 7.89. The van der Waals surface area contributed by atoms with Gasteiger partial charge in [0.1, 0.15) is 4.90 Å². The zero-order chi connectivity index (χ0) is 15.3. The molecule has 6 nitrogen and oxygen atoms in total. The maximum absolute atomic E-state index is 12.2. The molecule has 0 aliphatic carbocycles. The number of nitrogens with two attached hydrogens (primary N) is 1. The zero-order valence-corrected chi connectivity index (χ0v) is 12.8. The summed E-state index contributed by atoms with van der Waals surface area (Å²) in [5.41, 5.74) is 7.34. The molecule has 0 bridgehead atoms. The van der Waals surface area contributed by atoms with E-state index in [9.17, 15) is 13.2 Å². The second-order valence-electron chi connectivity index (χ2n) is 4.60.